The van der Waals surface area contributed by atoms with E-state index in [0.717, 1.165) is 37.2 Å². The van der Waals surface area contributed by atoms with Gasteiger partial charge in [-0.05, 0) is 49.1 Å². The summed E-state index contributed by atoms with van der Waals surface area (Å²) < 4.78 is 5.75. The maximum Gasteiger partial charge on any atom is 0.239 e. The van der Waals surface area contributed by atoms with Crippen LogP contribution in [0.15, 0.2) is 54.6 Å². The van der Waals surface area contributed by atoms with Gasteiger partial charge >= 0.3 is 0 Å². The summed E-state index contributed by atoms with van der Waals surface area (Å²) in [4.78, 5) is 11.5. The van der Waals surface area contributed by atoms with Crippen molar-refractivity contribution in [1.29, 1.82) is 0 Å². The smallest absolute Gasteiger partial charge is 0.239 e. The summed E-state index contributed by atoms with van der Waals surface area (Å²) in [6.45, 7) is 3.74. The van der Waals surface area contributed by atoms with Gasteiger partial charge in [0.1, 0.15) is 5.75 Å². The first-order valence-corrected chi connectivity index (χ1v) is 8.55. The van der Waals surface area contributed by atoms with E-state index in [2.05, 4.69) is 34.9 Å². The zero-order chi connectivity index (χ0) is 17.0. The third-order valence-electron chi connectivity index (χ3n) is 3.60. The first-order chi connectivity index (χ1) is 11.8. The highest BCUT2D eigenvalue weighted by Gasteiger charge is 2.00. The van der Waals surface area contributed by atoms with E-state index in [9.17, 15) is 4.79 Å². The number of aryl methyl sites for hydroxylation is 1. The number of ether oxygens (including phenoxy) is 1. The largest absolute Gasteiger partial charge is 0.494 e. The molecule has 0 spiro atoms. The molecule has 4 nitrogen and oxygen atoms in total. The van der Waals surface area contributed by atoms with Gasteiger partial charge in [-0.15, -0.1) is 0 Å². The lowest BCUT2D eigenvalue weighted by Crippen LogP contribution is -2.30. The Bertz CT molecular complexity index is 597. The van der Waals surface area contributed by atoms with Crippen LogP contribution in [0.25, 0.3) is 0 Å². The number of benzene rings is 2. The summed E-state index contributed by atoms with van der Waals surface area (Å²) in [5.74, 6) is 0.863. The fourth-order valence-electron chi connectivity index (χ4n) is 2.29. The van der Waals surface area contributed by atoms with E-state index in [1.165, 1.54) is 5.56 Å². The Kier molecular flexibility index (Phi) is 7.68. The Morgan fingerprint density at radius 1 is 1.04 bits per heavy atom. The molecule has 4 heteroatoms. The van der Waals surface area contributed by atoms with E-state index < -0.39 is 0 Å². The maximum atomic E-state index is 11.5. The number of hydrogen-bond acceptors (Lipinski definition) is 3. The monoisotopic (exact) mass is 326 g/mol. The molecule has 2 aromatic carbocycles. The van der Waals surface area contributed by atoms with Crippen molar-refractivity contribution in [2.24, 2.45) is 0 Å². The van der Waals surface area contributed by atoms with Gasteiger partial charge < -0.3 is 15.4 Å². The van der Waals surface area contributed by atoms with Gasteiger partial charge in [-0.2, -0.15) is 0 Å². The number of nitrogens with one attached hydrogen (secondary N) is 2. The molecule has 0 unspecified atom stereocenters. The van der Waals surface area contributed by atoms with Crippen molar-refractivity contribution in [3.05, 3.63) is 60.2 Å². The Hall–Kier alpha value is -2.49. The van der Waals surface area contributed by atoms with Crippen LogP contribution in [-0.2, 0) is 11.2 Å². The van der Waals surface area contributed by atoms with Crippen LogP contribution < -0.4 is 15.4 Å². The predicted molar refractivity (Wildman–Crippen MR) is 98.5 cm³/mol. The average molecular weight is 326 g/mol. The quantitative estimate of drug-likeness (QED) is 0.656. The summed E-state index contributed by atoms with van der Waals surface area (Å²) >= 11 is 0. The van der Waals surface area contributed by atoms with Gasteiger partial charge in [-0.3, -0.25) is 4.79 Å². The normalized spacial score (nSPS) is 10.2. The van der Waals surface area contributed by atoms with E-state index in [4.69, 9.17) is 4.74 Å². The standard InChI is InChI=1S/C20H26N2O2/c1-2-14-21-20(23)16-22-18-10-12-19(13-11-18)24-15-6-9-17-7-4-3-5-8-17/h3-5,7-8,10-13,22H,2,6,9,14-16H2,1H3,(H,21,23). The van der Waals surface area contributed by atoms with Gasteiger partial charge in [0.05, 0.1) is 13.2 Å². The second-order valence-corrected chi connectivity index (χ2v) is 5.67. The zero-order valence-electron chi connectivity index (χ0n) is 14.3. The van der Waals surface area contributed by atoms with Crippen LogP contribution in [0.5, 0.6) is 5.75 Å². The molecule has 1 amide bonds. The SMILES string of the molecule is CCCNC(=O)CNc1ccc(OCCCc2ccccc2)cc1. The minimum Gasteiger partial charge on any atom is -0.494 e. The molecule has 0 bridgehead atoms. The van der Waals surface area contributed by atoms with Crippen molar-refractivity contribution >= 4 is 11.6 Å². The molecule has 0 saturated carbocycles. The highest BCUT2D eigenvalue weighted by Crippen LogP contribution is 2.16. The van der Waals surface area contributed by atoms with Crippen molar-refractivity contribution in [3.63, 3.8) is 0 Å². The second kappa shape index (κ2) is 10.3. The molecule has 0 saturated heterocycles. The highest BCUT2D eigenvalue weighted by molar-refractivity contribution is 5.80. The van der Waals surface area contributed by atoms with E-state index in [-0.39, 0.29) is 12.5 Å². The fourth-order valence-corrected chi connectivity index (χ4v) is 2.29. The Balaban J connectivity index is 1.65. The predicted octanol–water partition coefficient (Wildman–Crippen LogP) is 3.64. The average Bonchev–Trinajstić information content (AvgIpc) is 2.63. The third-order valence-corrected chi connectivity index (χ3v) is 3.60. The van der Waals surface area contributed by atoms with Crippen molar-refractivity contribution < 1.29 is 9.53 Å². The van der Waals surface area contributed by atoms with Crippen LogP contribution in [-0.4, -0.2) is 25.6 Å². The number of anilines is 1. The van der Waals surface area contributed by atoms with Gasteiger partial charge in [-0.25, -0.2) is 0 Å². The molecule has 0 heterocycles. The molecule has 0 aliphatic rings. The molecule has 2 aromatic rings. The Labute approximate surface area is 144 Å². The van der Waals surface area contributed by atoms with Crippen molar-refractivity contribution in [3.8, 4) is 5.75 Å². The molecule has 2 N–H and O–H groups in total. The van der Waals surface area contributed by atoms with Crippen LogP contribution in [0.4, 0.5) is 5.69 Å². The zero-order valence-corrected chi connectivity index (χ0v) is 14.3. The Morgan fingerprint density at radius 3 is 2.50 bits per heavy atom. The van der Waals surface area contributed by atoms with E-state index >= 15 is 0 Å². The molecular formula is C20H26N2O2. The van der Waals surface area contributed by atoms with E-state index in [1.807, 2.05) is 37.3 Å². The van der Waals surface area contributed by atoms with Gasteiger partial charge in [0.2, 0.25) is 5.91 Å². The minimum absolute atomic E-state index is 0.0121. The number of carbonyl (C=O) groups is 1. The molecule has 0 atom stereocenters. The number of amides is 1. The summed E-state index contributed by atoms with van der Waals surface area (Å²) in [5.41, 5.74) is 2.25. The summed E-state index contributed by atoms with van der Waals surface area (Å²) in [7, 11) is 0. The molecule has 128 valence electrons. The summed E-state index contributed by atoms with van der Waals surface area (Å²) in [6.07, 6.45) is 2.96. The van der Waals surface area contributed by atoms with Crippen LogP contribution in [0, 0.1) is 0 Å². The number of carbonyl (C=O) groups excluding carboxylic acids is 1. The topological polar surface area (TPSA) is 50.4 Å². The molecule has 0 aliphatic heterocycles. The fraction of sp³-hybridized carbons (Fsp3) is 0.350. The van der Waals surface area contributed by atoms with Gasteiger partial charge in [0, 0.05) is 12.2 Å². The first kappa shape index (κ1) is 17.9. The third kappa shape index (κ3) is 6.73. The Morgan fingerprint density at radius 2 is 1.79 bits per heavy atom. The van der Waals surface area contributed by atoms with Crippen LogP contribution in [0.1, 0.15) is 25.3 Å². The maximum absolute atomic E-state index is 11.5. The molecule has 0 aliphatic carbocycles. The molecule has 0 aromatic heterocycles. The number of hydrogen-bond donors (Lipinski definition) is 2. The van der Waals surface area contributed by atoms with Crippen molar-refractivity contribution in [2.45, 2.75) is 26.2 Å². The molecule has 2 rings (SSSR count). The van der Waals surface area contributed by atoms with Crippen LogP contribution >= 0.6 is 0 Å². The lowest BCUT2D eigenvalue weighted by atomic mass is 10.1. The van der Waals surface area contributed by atoms with Crippen LogP contribution in [0.2, 0.25) is 0 Å². The number of rotatable bonds is 10. The lowest BCUT2D eigenvalue weighted by Gasteiger charge is -2.09. The molecule has 0 radical (unpaired) electrons. The molecule has 24 heavy (non-hydrogen) atoms. The van der Waals surface area contributed by atoms with E-state index in [1.54, 1.807) is 0 Å². The summed E-state index contributed by atoms with van der Waals surface area (Å²) in [6, 6.07) is 18.1. The first-order valence-electron chi connectivity index (χ1n) is 8.55. The highest BCUT2D eigenvalue weighted by atomic mass is 16.5. The van der Waals surface area contributed by atoms with Crippen molar-refractivity contribution in [1.82, 2.24) is 5.32 Å². The molecular weight excluding hydrogens is 300 g/mol. The van der Waals surface area contributed by atoms with Gasteiger partial charge in [0.15, 0.2) is 0 Å². The molecule has 0 fully saturated rings. The summed E-state index contributed by atoms with van der Waals surface area (Å²) in [5, 5.41) is 5.94. The lowest BCUT2D eigenvalue weighted by molar-refractivity contribution is -0.119. The minimum atomic E-state index is 0.0121. The second-order valence-electron chi connectivity index (χ2n) is 5.67. The van der Waals surface area contributed by atoms with Crippen LogP contribution in [0.3, 0.4) is 0 Å². The van der Waals surface area contributed by atoms with Gasteiger partial charge in [0.25, 0.3) is 0 Å². The van der Waals surface area contributed by atoms with E-state index in [0.29, 0.717) is 6.61 Å². The van der Waals surface area contributed by atoms with Gasteiger partial charge in [-0.1, -0.05) is 37.3 Å². The van der Waals surface area contributed by atoms with Crippen molar-refractivity contribution in [2.75, 3.05) is 25.0 Å².